The average molecular weight is 380 g/mol. The second-order valence-corrected chi connectivity index (χ2v) is 6.49. The Morgan fingerprint density at radius 2 is 1.93 bits per heavy atom. The van der Waals surface area contributed by atoms with Crippen LogP contribution in [-0.4, -0.2) is 31.2 Å². The number of rotatable bonds is 5. The number of carbonyl (C=O) groups excluding carboxylic acids is 1. The fourth-order valence-electron chi connectivity index (χ4n) is 3.15. The maximum absolute atomic E-state index is 12.4. The van der Waals surface area contributed by atoms with E-state index >= 15 is 0 Å². The number of benzene rings is 2. The number of hydrogen-bond acceptors (Lipinski definition) is 5. The van der Waals surface area contributed by atoms with Crippen molar-refractivity contribution in [1.29, 1.82) is 0 Å². The third-order valence-electron chi connectivity index (χ3n) is 4.56. The summed E-state index contributed by atoms with van der Waals surface area (Å²) in [6, 6.07) is 12.5. The zero-order valence-corrected chi connectivity index (χ0v) is 15.4. The minimum atomic E-state index is -0.210. The number of aromatic amines is 1. The van der Waals surface area contributed by atoms with Crippen LogP contribution in [0.4, 0.5) is 5.69 Å². The Kier molecular flexibility index (Phi) is 4.89. The van der Waals surface area contributed by atoms with Gasteiger partial charge < -0.3 is 24.5 Å². The summed E-state index contributed by atoms with van der Waals surface area (Å²) in [5, 5.41) is 3.66. The van der Waals surface area contributed by atoms with E-state index in [9.17, 15) is 9.59 Å². The van der Waals surface area contributed by atoms with E-state index in [1.807, 2.05) is 6.07 Å². The number of pyridine rings is 1. The van der Waals surface area contributed by atoms with Crippen LogP contribution in [0.15, 0.2) is 47.3 Å². The van der Waals surface area contributed by atoms with Crippen molar-refractivity contribution >= 4 is 22.5 Å². The fourth-order valence-corrected chi connectivity index (χ4v) is 3.15. The summed E-state index contributed by atoms with van der Waals surface area (Å²) in [5.74, 6) is 1.78. The first kappa shape index (κ1) is 17.9. The van der Waals surface area contributed by atoms with Gasteiger partial charge in [0.05, 0.1) is 12.6 Å². The van der Waals surface area contributed by atoms with Gasteiger partial charge in [-0.25, -0.2) is 0 Å². The lowest BCUT2D eigenvalue weighted by Crippen LogP contribution is -2.18. The van der Waals surface area contributed by atoms with Crippen LogP contribution in [0.5, 0.6) is 17.2 Å². The number of ether oxygens (including phenoxy) is 3. The molecule has 1 amide bonds. The highest BCUT2D eigenvalue weighted by Crippen LogP contribution is 2.33. The monoisotopic (exact) mass is 380 g/mol. The van der Waals surface area contributed by atoms with Gasteiger partial charge in [0.1, 0.15) is 19.0 Å². The second kappa shape index (κ2) is 7.64. The van der Waals surface area contributed by atoms with Crippen LogP contribution in [0, 0.1) is 0 Å². The standard InChI is InChI=1S/C21H20N2O5/c1-26-16-4-2-3-15(11-16)22-20(24)6-5-13-9-14-10-18-19(28-8-7-27-18)12-17(14)23-21(13)25/h2-4,9-12H,5-8H2,1H3,(H,22,24)(H,23,25). The molecule has 0 fully saturated rings. The molecule has 144 valence electrons. The molecule has 1 aromatic heterocycles. The molecule has 1 aliphatic rings. The molecular weight excluding hydrogens is 360 g/mol. The van der Waals surface area contributed by atoms with Crippen molar-refractivity contribution in [2.24, 2.45) is 0 Å². The first-order chi connectivity index (χ1) is 13.6. The highest BCUT2D eigenvalue weighted by molar-refractivity contribution is 5.91. The summed E-state index contributed by atoms with van der Waals surface area (Å²) in [7, 11) is 1.57. The number of nitrogens with one attached hydrogen (secondary N) is 2. The smallest absolute Gasteiger partial charge is 0.251 e. The molecule has 28 heavy (non-hydrogen) atoms. The summed E-state index contributed by atoms with van der Waals surface area (Å²) in [6.45, 7) is 0.988. The molecule has 7 nitrogen and oxygen atoms in total. The quantitative estimate of drug-likeness (QED) is 0.710. The molecule has 4 rings (SSSR count). The number of methoxy groups -OCH3 is 1. The van der Waals surface area contributed by atoms with Gasteiger partial charge in [0.25, 0.3) is 5.56 Å². The van der Waals surface area contributed by atoms with Gasteiger partial charge in [0.15, 0.2) is 11.5 Å². The maximum atomic E-state index is 12.4. The molecule has 0 aliphatic carbocycles. The Balaban J connectivity index is 1.48. The van der Waals surface area contributed by atoms with Crippen LogP contribution in [0.2, 0.25) is 0 Å². The first-order valence-corrected chi connectivity index (χ1v) is 9.02. The number of amides is 1. The van der Waals surface area contributed by atoms with Crippen molar-refractivity contribution in [1.82, 2.24) is 4.98 Å². The van der Waals surface area contributed by atoms with Crippen molar-refractivity contribution in [3.05, 3.63) is 58.4 Å². The van der Waals surface area contributed by atoms with Crippen LogP contribution in [0.25, 0.3) is 10.9 Å². The Hall–Kier alpha value is -3.48. The lowest BCUT2D eigenvalue weighted by Gasteiger charge is -2.18. The minimum absolute atomic E-state index is 0.171. The summed E-state index contributed by atoms with van der Waals surface area (Å²) < 4.78 is 16.3. The Labute approximate surface area is 161 Å². The van der Waals surface area contributed by atoms with E-state index in [1.54, 1.807) is 43.5 Å². The van der Waals surface area contributed by atoms with Gasteiger partial charge in [0.2, 0.25) is 5.91 Å². The first-order valence-electron chi connectivity index (χ1n) is 9.02. The summed E-state index contributed by atoms with van der Waals surface area (Å²) in [4.78, 5) is 27.5. The van der Waals surface area contributed by atoms with Crippen molar-refractivity contribution in [2.75, 3.05) is 25.6 Å². The zero-order valence-electron chi connectivity index (χ0n) is 15.4. The number of aromatic nitrogens is 1. The van der Waals surface area contributed by atoms with Gasteiger partial charge in [-0.3, -0.25) is 9.59 Å². The molecular formula is C21H20N2O5. The van der Waals surface area contributed by atoms with Crippen molar-refractivity contribution in [3.8, 4) is 17.2 Å². The van der Waals surface area contributed by atoms with Gasteiger partial charge in [-0.05, 0) is 30.7 Å². The number of hydrogen-bond donors (Lipinski definition) is 2. The van der Waals surface area contributed by atoms with E-state index in [0.29, 0.717) is 53.7 Å². The molecule has 0 saturated carbocycles. The van der Waals surface area contributed by atoms with Crippen LogP contribution in [-0.2, 0) is 11.2 Å². The van der Waals surface area contributed by atoms with Gasteiger partial charge in [-0.15, -0.1) is 0 Å². The predicted octanol–water partition coefficient (Wildman–Crippen LogP) is 2.88. The molecule has 0 bridgehead atoms. The minimum Gasteiger partial charge on any atom is -0.497 e. The van der Waals surface area contributed by atoms with Crippen LogP contribution in [0.3, 0.4) is 0 Å². The number of H-pyrrole nitrogens is 1. The normalized spacial score (nSPS) is 12.6. The molecule has 0 atom stereocenters. The lowest BCUT2D eigenvalue weighted by molar-refractivity contribution is -0.116. The molecule has 7 heteroatoms. The van der Waals surface area contributed by atoms with Gasteiger partial charge in [0, 0.05) is 35.2 Å². The predicted molar refractivity (Wildman–Crippen MR) is 106 cm³/mol. The van der Waals surface area contributed by atoms with Crippen molar-refractivity contribution in [3.63, 3.8) is 0 Å². The van der Waals surface area contributed by atoms with E-state index in [2.05, 4.69) is 10.3 Å². The van der Waals surface area contributed by atoms with Crippen LogP contribution < -0.4 is 25.1 Å². The van der Waals surface area contributed by atoms with Gasteiger partial charge in [-0.1, -0.05) is 6.07 Å². The SMILES string of the molecule is COc1cccc(NC(=O)CCc2cc3cc4c(cc3[nH]c2=O)OCCO4)c1. The van der Waals surface area contributed by atoms with E-state index in [0.717, 1.165) is 5.39 Å². The second-order valence-electron chi connectivity index (χ2n) is 6.49. The Morgan fingerprint density at radius 3 is 2.71 bits per heavy atom. The molecule has 2 N–H and O–H groups in total. The third kappa shape index (κ3) is 3.78. The largest absolute Gasteiger partial charge is 0.497 e. The topological polar surface area (TPSA) is 89.7 Å². The molecule has 2 aromatic carbocycles. The number of anilines is 1. The molecule has 0 radical (unpaired) electrons. The summed E-state index contributed by atoms with van der Waals surface area (Å²) in [6.07, 6.45) is 0.520. The van der Waals surface area contributed by atoms with E-state index < -0.39 is 0 Å². The summed E-state index contributed by atoms with van der Waals surface area (Å²) >= 11 is 0. The van der Waals surface area contributed by atoms with E-state index in [1.165, 1.54) is 0 Å². The summed E-state index contributed by atoms with van der Waals surface area (Å²) in [5.41, 5.74) is 1.67. The average Bonchev–Trinajstić information content (AvgIpc) is 2.71. The van der Waals surface area contributed by atoms with Crippen molar-refractivity contribution < 1.29 is 19.0 Å². The lowest BCUT2D eigenvalue weighted by atomic mass is 10.1. The number of carbonyl (C=O) groups is 1. The van der Waals surface area contributed by atoms with E-state index in [4.69, 9.17) is 14.2 Å². The molecule has 0 saturated heterocycles. The molecule has 0 unspecified atom stereocenters. The maximum Gasteiger partial charge on any atom is 0.251 e. The highest BCUT2D eigenvalue weighted by atomic mass is 16.6. The Morgan fingerprint density at radius 1 is 1.14 bits per heavy atom. The zero-order chi connectivity index (χ0) is 19.5. The van der Waals surface area contributed by atoms with Crippen molar-refractivity contribution in [2.45, 2.75) is 12.8 Å². The van der Waals surface area contributed by atoms with Crippen LogP contribution in [0.1, 0.15) is 12.0 Å². The third-order valence-corrected chi connectivity index (χ3v) is 4.56. The fraction of sp³-hybridized carbons (Fsp3) is 0.238. The Bertz CT molecular complexity index is 1090. The number of fused-ring (bicyclic) bond motifs is 2. The van der Waals surface area contributed by atoms with E-state index in [-0.39, 0.29) is 17.9 Å². The van der Waals surface area contributed by atoms with Gasteiger partial charge in [-0.2, -0.15) is 0 Å². The molecule has 3 aromatic rings. The highest BCUT2D eigenvalue weighted by Gasteiger charge is 2.14. The molecule has 0 spiro atoms. The molecule has 1 aliphatic heterocycles. The van der Waals surface area contributed by atoms with Crippen LogP contribution >= 0.6 is 0 Å². The molecule has 2 heterocycles. The number of aryl methyl sites for hydroxylation is 1. The van der Waals surface area contributed by atoms with Gasteiger partial charge >= 0.3 is 0 Å².